The van der Waals surface area contributed by atoms with E-state index in [9.17, 15) is 4.79 Å². The lowest BCUT2D eigenvalue weighted by Crippen LogP contribution is -2.26. The molecule has 1 unspecified atom stereocenters. The number of methoxy groups -OCH3 is 1. The molecule has 0 saturated heterocycles. The SMILES string of the molecule is COC(=O)NC(C)c1cccc(N)c1. The van der Waals surface area contributed by atoms with E-state index in [0.29, 0.717) is 5.69 Å². The molecule has 4 heteroatoms. The van der Waals surface area contributed by atoms with Gasteiger partial charge in [0.25, 0.3) is 0 Å². The number of nitrogens with two attached hydrogens (primary N) is 1. The lowest BCUT2D eigenvalue weighted by atomic mass is 10.1. The summed E-state index contributed by atoms with van der Waals surface area (Å²) in [7, 11) is 1.33. The maximum Gasteiger partial charge on any atom is 0.407 e. The molecule has 0 aliphatic carbocycles. The van der Waals surface area contributed by atoms with Crippen LogP contribution in [-0.4, -0.2) is 13.2 Å². The lowest BCUT2D eigenvalue weighted by molar-refractivity contribution is 0.167. The Labute approximate surface area is 83.1 Å². The number of alkyl carbamates (subject to hydrolysis) is 1. The number of benzene rings is 1. The van der Waals surface area contributed by atoms with Gasteiger partial charge in [-0.2, -0.15) is 0 Å². The zero-order valence-electron chi connectivity index (χ0n) is 8.28. The van der Waals surface area contributed by atoms with Crippen LogP contribution >= 0.6 is 0 Å². The number of carbonyl (C=O) groups excluding carboxylic acids is 1. The van der Waals surface area contributed by atoms with Crippen molar-refractivity contribution in [3.05, 3.63) is 29.8 Å². The molecule has 0 spiro atoms. The first kappa shape index (κ1) is 10.4. The van der Waals surface area contributed by atoms with E-state index in [2.05, 4.69) is 10.1 Å². The number of carbonyl (C=O) groups is 1. The Morgan fingerprint density at radius 3 is 2.86 bits per heavy atom. The maximum absolute atomic E-state index is 10.9. The van der Waals surface area contributed by atoms with Gasteiger partial charge in [0.2, 0.25) is 0 Å². The third kappa shape index (κ3) is 2.65. The van der Waals surface area contributed by atoms with E-state index in [-0.39, 0.29) is 6.04 Å². The average Bonchev–Trinajstić information content (AvgIpc) is 2.17. The van der Waals surface area contributed by atoms with Gasteiger partial charge in [-0.1, -0.05) is 12.1 Å². The molecular weight excluding hydrogens is 180 g/mol. The van der Waals surface area contributed by atoms with Gasteiger partial charge in [-0.25, -0.2) is 4.79 Å². The standard InChI is InChI=1S/C10H14N2O2/c1-7(12-10(13)14-2)8-4-3-5-9(11)6-8/h3-7H,11H2,1-2H3,(H,12,13). The van der Waals surface area contributed by atoms with Gasteiger partial charge >= 0.3 is 6.09 Å². The minimum Gasteiger partial charge on any atom is -0.453 e. The second-order valence-corrected chi connectivity index (χ2v) is 3.03. The van der Waals surface area contributed by atoms with Crippen LogP contribution < -0.4 is 11.1 Å². The van der Waals surface area contributed by atoms with E-state index in [0.717, 1.165) is 5.56 Å². The van der Waals surface area contributed by atoms with Crippen molar-refractivity contribution in [2.75, 3.05) is 12.8 Å². The summed E-state index contributed by atoms with van der Waals surface area (Å²) < 4.78 is 4.49. The summed E-state index contributed by atoms with van der Waals surface area (Å²) in [5, 5.41) is 2.66. The smallest absolute Gasteiger partial charge is 0.407 e. The number of nitrogens with one attached hydrogen (secondary N) is 1. The molecule has 0 heterocycles. The molecule has 1 rings (SSSR count). The van der Waals surface area contributed by atoms with Crippen LogP contribution in [0.15, 0.2) is 24.3 Å². The fraction of sp³-hybridized carbons (Fsp3) is 0.300. The second kappa shape index (κ2) is 4.50. The van der Waals surface area contributed by atoms with Gasteiger partial charge < -0.3 is 15.8 Å². The molecule has 3 N–H and O–H groups in total. The summed E-state index contributed by atoms with van der Waals surface area (Å²) in [6.45, 7) is 1.87. The first-order valence-electron chi connectivity index (χ1n) is 4.33. The van der Waals surface area contributed by atoms with E-state index >= 15 is 0 Å². The molecule has 1 amide bonds. The Hall–Kier alpha value is -1.71. The van der Waals surface area contributed by atoms with Crippen molar-refractivity contribution >= 4 is 11.8 Å². The summed E-state index contributed by atoms with van der Waals surface area (Å²) in [5.41, 5.74) is 7.25. The van der Waals surface area contributed by atoms with Crippen LogP contribution in [0.3, 0.4) is 0 Å². The van der Waals surface area contributed by atoms with Crippen molar-refractivity contribution in [2.24, 2.45) is 0 Å². The molecule has 14 heavy (non-hydrogen) atoms. The number of rotatable bonds is 2. The van der Waals surface area contributed by atoms with Crippen LogP contribution in [0, 0.1) is 0 Å². The van der Waals surface area contributed by atoms with Gasteiger partial charge in [0.1, 0.15) is 0 Å². The summed E-state index contributed by atoms with van der Waals surface area (Å²) in [6.07, 6.45) is -0.445. The highest BCUT2D eigenvalue weighted by Gasteiger charge is 2.08. The Balaban J connectivity index is 2.69. The minimum atomic E-state index is -0.445. The van der Waals surface area contributed by atoms with E-state index in [1.165, 1.54) is 7.11 Å². The number of hydrogen-bond donors (Lipinski definition) is 2. The highest BCUT2D eigenvalue weighted by molar-refractivity contribution is 5.67. The van der Waals surface area contributed by atoms with Crippen molar-refractivity contribution in [3.63, 3.8) is 0 Å². The quantitative estimate of drug-likeness (QED) is 0.704. The molecule has 0 bridgehead atoms. The first-order valence-corrected chi connectivity index (χ1v) is 4.33. The fourth-order valence-electron chi connectivity index (χ4n) is 1.15. The van der Waals surface area contributed by atoms with Crippen LogP contribution in [-0.2, 0) is 4.74 Å². The van der Waals surface area contributed by atoms with Gasteiger partial charge in [-0.3, -0.25) is 0 Å². The zero-order valence-corrected chi connectivity index (χ0v) is 8.28. The summed E-state index contributed by atoms with van der Waals surface area (Å²) in [5.74, 6) is 0. The molecule has 0 radical (unpaired) electrons. The number of ether oxygens (including phenoxy) is 1. The third-order valence-electron chi connectivity index (χ3n) is 1.93. The highest BCUT2D eigenvalue weighted by atomic mass is 16.5. The van der Waals surface area contributed by atoms with Crippen molar-refractivity contribution < 1.29 is 9.53 Å². The van der Waals surface area contributed by atoms with Gasteiger partial charge in [-0.05, 0) is 24.6 Å². The highest BCUT2D eigenvalue weighted by Crippen LogP contribution is 2.14. The Bertz CT molecular complexity index is 326. The zero-order chi connectivity index (χ0) is 10.6. The van der Waals surface area contributed by atoms with Crippen LogP contribution in [0.25, 0.3) is 0 Å². The third-order valence-corrected chi connectivity index (χ3v) is 1.93. The molecule has 1 aromatic rings. The average molecular weight is 194 g/mol. The predicted molar refractivity (Wildman–Crippen MR) is 54.8 cm³/mol. The summed E-state index contributed by atoms with van der Waals surface area (Å²) >= 11 is 0. The topological polar surface area (TPSA) is 64.3 Å². The molecule has 4 nitrogen and oxygen atoms in total. The molecule has 0 aromatic heterocycles. The van der Waals surface area contributed by atoms with Crippen LogP contribution in [0.4, 0.5) is 10.5 Å². The largest absolute Gasteiger partial charge is 0.453 e. The maximum atomic E-state index is 10.9. The Morgan fingerprint density at radius 1 is 1.57 bits per heavy atom. The van der Waals surface area contributed by atoms with Crippen LogP contribution in [0.5, 0.6) is 0 Å². The van der Waals surface area contributed by atoms with Crippen LogP contribution in [0.1, 0.15) is 18.5 Å². The van der Waals surface area contributed by atoms with Gasteiger partial charge in [-0.15, -0.1) is 0 Å². The number of hydrogen-bond acceptors (Lipinski definition) is 3. The molecule has 1 atom stereocenters. The summed E-state index contributed by atoms with van der Waals surface area (Å²) in [4.78, 5) is 10.9. The number of nitrogen functional groups attached to an aromatic ring is 1. The molecule has 0 fully saturated rings. The number of anilines is 1. The van der Waals surface area contributed by atoms with Crippen molar-refractivity contribution in [2.45, 2.75) is 13.0 Å². The predicted octanol–water partition coefficient (Wildman–Crippen LogP) is 1.69. The molecule has 76 valence electrons. The monoisotopic (exact) mass is 194 g/mol. The summed E-state index contributed by atoms with van der Waals surface area (Å²) in [6, 6.07) is 7.26. The van der Waals surface area contributed by atoms with Crippen LogP contribution in [0.2, 0.25) is 0 Å². The number of amides is 1. The Kier molecular flexibility index (Phi) is 3.34. The van der Waals surface area contributed by atoms with Crippen molar-refractivity contribution in [3.8, 4) is 0 Å². The van der Waals surface area contributed by atoms with Crippen molar-refractivity contribution in [1.29, 1.82) is 0 Å². The van der Waals surface area contributed by atoms with Crippen molar-refractivity contribution in [1.82, 2.24) is 5.32 Å². The minimum absolute atomic E-state index is 0.106. The Morgan fingerprint density at radius 2 is 2.29 bits per heavy atom. The molecule has 0 aliphatic heterocycles. The van der Waals surface area contributed by atoms with Gasteiger partial charge in [0.15, 0.2) is 0 Å². The first-order chi connectivity index (χ1) is 6.63. The second-order valence-electron chi connectivity index (χ2n) is 3.03. The van der Waals surface area contributed by atoms with E-state index in [1.807, 2.05) is 25.1 Å². The lowest BCUT2D eigenvalue weighted by Gasteiger charge is -2.13. The van der Waals surface area contributed by atoms with E-state index in [4.69, 9.17) is 5.73 Å². The normalized spacial score (nSPS) is 11.9. The molecule has 1 aromatic carbocycles. The molecule has 0 saturated carbocycles. The molecular formula is C10H14N2O2. The van der Waals surface area contributed by atoms with E-state index < -0.39 is 6.09 Å². The van der Waals surface area contributed by atoms with Gasteiger partial charge in [0, 0.05) is 5.69 Å². The fourth-order valence-corrected chi connectivity index (χ4v) is 1.15. The van der Waals surface area contributed by atoms with E-state index in [1.54, 1.807) is 6.07 Å². The molecule has 0 aliphatic rings. The van der Waals surface area contributed by atoms with Gasteiger partial charge in [0.05, 0.1) is 13.2 Å².